The summed E-state index contributed by atoms with van der Waals surface area (Å²) in [7, 11) is 0. The van der Waals surface area contributed by atoms with Crippen LogP contribution in [0.5, 0.6) is 0 Å². The van der Waals surface area contributed by atoms with Crippen LogP contribution in [0.2, 0.25) is 5.02 Å². The Kier molecular flexibility index (Phi) is 9.12. The van der Waals surface area contributed by atoms with Crippen LogP contribution in [-0.4, -0.2) is 71.1 Å². The number of amides is 2. The zero-order valence-electron chi connectivity index (χ0n) is 21.5. The monoisotopic (exact) mass is 519 g/mol. The molecular formula is C29H34ClN5O2. The fourth-order valence-corrected chi connectivity index (χ4v) is 4.54. The molecule has 3 aromatic rings. The number of benzene rings is 2. The minimum Gasteiger partial charge on any atom is -0.353 e. The first-order chi connectivity index (χ1) is 17.9. The van der Waals surface area contributed by atoms with E-state index in [0.29, 0.717) is 42.7 Å². The van der Waals surface area contributed by atoms with E-state index < -0.39 is 0 Å². The minimum atomic E-state index is -0.143. The average molecular weight is 520 g/mol. The van der Waals surface area contributed by atoms with Crippen molar-refractivity contribution in [2.45, 2.75) is 26.7 Å². The smallest absolute Gasteiger partial charge is 0.254 e. The largest absolute Gasteiger partial charge is 0.353 e. The van der Waals surface area contributed by atoms with E-state index in [1.54, 1.807) is 29.2 Å². The molecule has 1 aromatic heterocycles. The van der Waals surface area contributed by atoms with Gasteiger partial charge in [-0.05, 0) is 48.7 Å². The Balaban J connectivity index is 1.39. The summed E-state index contributed by atoms with van der Waals surface area (Å²) in [4.78, 5) is 32.3. The van der Waals surface area contributed by atoms with Crippen molar-refractivity contribution in [2.75, 3.05) is 44.2 Å². The second kappa shape index (κ2) is 12.7. The Bertz CT molecular complexity index is 1170. The van der Waals surface area contributed by atoms with E-state index in [9.17, 15) is 9.59 Å². The molecule has 2 amide bonds. The summed E-state index contributed by atoms with van der Waals surface area (Å²) in [5.74, 6) is 0.930. The number of hydrogen-bond donors (Lipinski definition) is 0. The van der Waals surface area contributed by atoms with Crippen LogP contribution in [0.3, 0.4) is 0 Å². The van der Waals surface area contributed by atoms with Gasteiger partial charge in [0.15, 0.2) is 5.82 Å². The number of rotatable bonds is 8. The van der Waals surface area contributed by atoms with Gasteiger partial charge in [0.05, 0.1) is 5.69 Å². The van der Waals surface area contributed by atoms with Gasteiger partial charge in [0.1, 0.15) is 6.54 Å². The van der Waals surface area contributed by atoms with Gasteiger partial charge in [0, 0.05) is 48.9 Å². The van der Waals surface area contributed by atoms with Crippen molar-refractivity contribution in [3.63, 3.8) is 0 Å². The van der Waals surface area contributed by atoms with Gasteiger partial charge in [-0.2, -0.15) is 0 Å². The maximum absolute atomic E-state index is 13.3. The van der Waals surface area contributed by atoms with Gasteiger partial charge in [-0.25, -0.2) is 0 Å². The fraction of sp³-hybridized carbons (Fsp3) is 0.379. The van der Waals surface area contributed by atoms with Gasteiger partial charge in [-0.3, -0.25) is 9.59 Å². The lowest BCUT2D eigenvalue weighted by atomic mass is 10.1. The van der Waals surface area contributed by atoms with E-state index in [0.717, 1.165) is 36.5 Å². The highest BCUT2D eigenvalue weighted by Gasteiger charge is 2.25. The number of anilines is 1. The Labute approximate surface area is 224 Å². The third-order valence-corrected chi connectivity index (χ3v) is 7.08. The number of carbonyl (C=O) groups is 2. The first-order valence-electron chi connectivity index (χ1n) is 12.9. The highest BCUT2D eigenvalue weighted by Crippen LogP contribution is 2.20. The molecule has 1 aliphatic heterocycles. The van der Waals surface area contributed by atoms with Gasteiger partial charge in [0.25, 0.3) is 5.91 Å². The van der Waals surface area contributed by atoms with Gasteiger partial charge in [0.2, 0.25) is 5.91 Å². The molecular weight excluding hydrogens is 486 g/mol. The molecule has 0 spiro atoms. The third-order valence-electron chi connectivity index (χ3n) is 6.83. The number of halogens is 1. The highest BCUT2D eigenvalue weighted by molar-refractivity contribution is 6.30. The van der Waals surface area contributed by atoms with Crippen LogP contribution in [0.15, 0.2) is 66.7 Å². The highest BCUT2D eigenvalue weighted by atomic mass is 35.5. The molecule has 37 heavy (non-hydrogen) atoms. The van der Waals surface area contributed by atoms with Crippen LogP contribution >= 0.6 is 11.6 Å². The molecule has 194 valence electrons. The number of carbonyl (C=O) groups excluding carboxylic acids is 2. The normalized spacial score (nSPS) is 14.7. The second-order valence-corrected chi connectivity index (χ2v) is 10.0. The van der Waals surface area contributed by atoms with Gasteiger partial charge in [-0.15, -0.1) is 10.2 Å². The molecule has 2 aromatic carbocycles. The summed E-state index contributed by atoms with van der Waals surface area (Å²) in [5.41, 5.74) is 2.41. The zero-order valence-corrected chi connectivity index (χ0v) is 22.3. The summed E-state index contributed by atoms with van der Waals surface area (Å²) < 4.78 is 0. The summed E-state index contributed by atoms with van der Waals surface area (Å²) in [6, 6.07) is 20.8. The molecule has 2 heterocycles. The van der Waals surface area contributed by atoms with Gasteiger partial charge < -0.3 is 14.7 Å². The molecule has 1 unspecified atom stereocenters. The molecule has 4 rings (SSSR count). The van der Waals surface area contributed by atoms with Crippen molar-refractivity contribution in [2.24, 2.45) is 5.92 Å². The number of hydrogen-bond acceptors (Lipinski definition) is 5. The van der Waals surface area contributed by atoms with E-state index >= 15 is 0 Å². The van der Waals surface area contributed by atoms with Crippen molar-refractivity contribution < 1.29 is 9.59 Å². The second-order valence-electron chi connectivity index (χ2n) is 9.57. The van der Waals surface area contributed by atoms with Crippen molar-refractivity contribution in [3.05, 3.63) is 77.3 Å². The van der Waals surface area contributed by atoms with Crippen molar-refractivity contribution in [3.8, 4) is 11.3 Å². The zero-order chi connectivity index (χ0) is 26.2. The van der Waals surface area contributed by atoms with Crippen LogP contribution in [0, 0.1) is 5.92 Å². The number of nitrogens with zero attached hydrogens (tertiary/aromatic N) is 5. The Morgan fingerprint density at radius 1 is 0.946 bits per heavy atom. The topological polar surface area (TPSA) is 69.6 Å². The standard InChI is InChI=1S/C29H34ClN5O2/c1-3-22(2)20-35(29(37)24-10-12-25(30)13-11-24)21-28(36)34-17-7-16-33(18-19-34)27-15-14-26(31-32-27)23-8-5-4-6-9-23/h4-6,8-15,22H,3,7,16-21H2,1-2H3. The van der Waals surface area contributed by atoms with Crippen LogP contribution in [0.4, 0.5) is 5.82 Å². The van der Waals surface area contributed by atoms with Crippen molar-refractivity contribution in [1.82, 2.24) is 20.0 Å². The molecule has 8 heteroatoms. The lowest BCUT2D eigenvalue weighted by Gasteiger charge is -2.29. The summed E-state index contributed by atoms with van der Waals surface area (Å²) in [6.07, 6.45) is 1.76. The van der Waals surface area contributed by atoms with E-state index in [2.05, 4.69) is 28.9 Å². The fourth-order valence-electron chi connectivity index (χ4n) is 4.42. The molecule has 0 N–H and O–H groups in total. The average Bonchev–Trinajstić information content (AvgIpc) is 3.20. The lowest BCUT2D eigenvalue weighted by molar-refractivity contribution is -0.131. The van der Waals surface area contributed by atoms with Crippen LogP contribution in [0.1, 0.15) is 37.0 Å². The first-order valence-corrected chi connectivity index (χ1v) is 13.3. The first kappa shape index (κ1) is 26.6. The summed E-state index contributed by atoms with van der Waals surface area (Å²) >= 11 is 6.00. The van der Waals surface area contributed by atoms with Crippen LogP contribution in [0.25, 0.3) is 11.3 Å². The molecule has 0 bridgehead atoms. The molecule has 0 aliphatic carbocycles. The molecule has 1 atom stereocenters. The van der Waals surface area contributed by atoms with E-state index in [4.69, 9.17) is 11.6 Å². The Hall–Kier alpha value is -3.45. The van der Waals surface area contributed by atoms with Crippen molar-refractivity contribution >= 4 is 29.2 Å². The SMILES string of the molecule is CCC(C)CN(CC(=O)N1CCCN(c2ccc(-c3ccccc3)nn2)CC1)C(=O)c1ccc(Cl)cc1. The summed E-state index contributed by atoms with van der Waals surface area (Å²) in [5, 5.41) is 9.45. The van der Waals surface area contributed by atoms with E-state index in [1.807, 2.05) is 47.4 Å². The Morgan fingerprint density at radius 2 is 1.70 bits per heavy atom. The molecule has 1 saturated heterocycles. The van der Waals surface area contributed by atoms with Gasteiger partial charge >= 0.3 is 0 Å². The minimum absolute atomic E-state index is 0.0297. The number of aromatic nitrogens is 2. The molecule has 1 fully saturated rings. The molecule has 0 saturated carbocycles. The van der Waals surface area contributed by atoms with E-state index in [1.165, 1.54) is 0 Å². The van der Waals surface area contributed by atoms with Crippen molar-refractivity contribution in [1.29, 1.82) is 0 Å². The lowest BCUT2D eigenvalue weighted by Crippen LogP contribution is -2.45. The maximum Gasteiger partial charge on any atom is 0.254 e. The Morgan fingerprint density at radius 3 is 2.38 bits per heavy atom. The van der Waals surface area contributed by atoms with E-state index in [-0.39, 0.29) is 18.4 Å². The summed E-state index contributed by atoms with van der Waals surface area (Å²) in [6.45, 7) is 7.48. The quantitative estimate of drug-likeness (QED) is 0.418. The third kappa shape index (κ3) is 7.07. The molecule has 0 radical (unpaired) electrons. The van der Waals surface area contributed by atoms with Crippen LogP contribution < -0.4 is 4.90 Å². The van der Waals surface area contributed by atoms with Gasteiger partial charge in [-0.1, -0.05) is 62.2 Å². The molecule has 7 nitrogen and oxygen atoms in total. The molecule has 1 aliphatic rings. The predicted molar refractivity (Wildman–Crippen MR) is 148 cm³/mol. The van der Waals surface area contributed by atoms with Crippen LogP contribution in [-0.2, 0) is 4.79 Å². The predicted octanol–water partition coefficient (Wildman–Crippen LogP) is 5.02. The maximum atomic E-state index is 13.3.